The normalized spacial score (nSPS) is 15.5. The number of rotatable bonds is 9. The van der Waals surface area contributed by atoms with E-state index in [1.807, 2.05) is 25.3 Å². The molecule has 0 aromatic heterocycles. The zero-order valence-corrected chi connectivity index (χ0v) is 13.4. The molecule has 0 saturated heterocycles. The molecule has 0 spiro atoms. The molecule has 0 rings (SSSR count). The summed E-state index contributed by atoms with van der Waals surface area (Å²) in [6.45, 7) is 2.18. The number of likely N-dealkylation sites (N-methyl/N-ethyl adjacent to an activating group) is 1. The Kier molecular flexibility index (Phi) is 8.59. The van der Waals surface area contributed by atoms with Crippen LogP contribution in [0.3, 0.4) is 0 Å². The van der Waals surface area contributed by atoms with Crippen LogP contribution in [0.2, 0.25) is 0 Å². The molecule has 0 saturated carbocycles. The predicted molar refractivity (Wildman–Crippen MR) is 81.7 cm³/mol. The van der Waals surface area contributed by atoms with Crippen LogP contribution in [0.15, 0.2) is 0 Å². The van der Waals surface area contributed by atoms with Crippen LogP contribution in [0.25, 0.3) is 0 Å². The summed E-state index contributed by atoms with van der Waals surface area (Å²) in [7, 11) is 3.68. The van der Waals surface area contributed by atoms with Crippen molar-refractivity contribution in [1.82, 2.24) is 15.5 Å². The lowest BCUT2D eigenvalue weighted by Gasteiger charge is -2.28. The molecule has 2 atom stereocenters. The fraction of sp³-hybridized carbons (Fsp3) is 0.833. The number of hydrogen-bond donors (Lipinski definition) is 4. The van der Waals surface area contributed by atoms with Gasteiger partial charge in [-0.3, -0.25) is 4.79 Å². The Bertz CT molecular complexity index is 324. The highest BCUT2D eigenvalue weighted by atomic mass is 32.2. The third-order valence-electron chi connectivity index (χ3n) is 2.54. The lowest BCUT2D eigenvalue weighted by Crippen LogP contribution is -2.53. The maximum absolute atomic E-state index is 12.0. The first-order valence-corrected chi connectivity index (χ1v) is 7.77. The summed E-state index contributed by atoms with van der Waals surface area (Å²) < 4.78 is 0. The van der Waals surface area contributed by atoms with Crippen LogP contribution < -0.4 is 16.4 Å². The molecule has 3 amide bonds. The third-order valence-corrected chi connectivity index (χ3v) is 3.19. The van der Waals surface area contributed by atoms with Crippen molar-refractivity contribution in [3.63, 3.8) is 0 Å². The standard InChI is InChI=1S/C12H26N4O3S/c1-12(19,8-16(2)3)7-14-10(17)9(5-6-20-4)15-11(13)18/h9,19H,5-8H2,1-4H3,(H,14,17)(H3,13,15,18). The molecule has 0 aromatic rings. The van der Waals surface area contributed by atoms with Crippen molar-refractivity contribution in [3.8, 4) is 0 Å². The number of hydrogen-bond acceptors (Lipinski definition) is 5. The van der Waals surface area contributed by atoms with E-state index in [0.717, 1.165) is 5.75 Å². The van der Waals surface area contributed by atoms with Crippen LogP contribution in [0.5, 0.6) is 0 Å². The molecule has 0 aliphatic carbocycles. The first kappa shape index (κ1) is 19.0. The third kappa shape index (κ3) is 9.00. The highest BCUT2D eigenvalue weighted by Gasteiger charge is 2.25. The van der Waals surface area contributed by atoms with Gasteiger partial charge in [0.1, 0.15) is 6.04 Å². The SMILES string of the molecule is CSCCC(NC(N)=O)C(=O)NCC(C)(O)CN(C)C. The Morgan fingerprint density at radius 3 is 2.50 bits per heavy atom. The number of carbonyl (C=O) groups excluding carboxylic acids is 2. The first-order chi connectivity index (χ1) is 9.18. The van der Waals surface area contributed by atoms with Gasteiger partial charge < -0.3 is 26.4 Å². The molecule has 0 aromatic carbocycles. The van der Waals surface area contributed by atoms with Crippen molar-refractivity contribution in [2.75, 3.05) is 39.2 Å². The molecular weight excluding hydrogens is 280 g/mol. The second-order valence-electron chi connectivity index (χ2n) is 5.30. The second kappa shape index (κ2) is 9.04. The molecule has 0 aliphatic heterocycles. The van der Waals surface area contributed by atoms with E-state index in [2.05, 4.69) is 10.6 Å². The molecule has 0 heterocycles. The predicted octanol–water partition coefficient (Wildman–Crippen LogP) is -0.795. The van der Waals surface area contributed by atoms with E-state index in [9.17, 15) is 14.7 Å². The quantitative estimate of drug-likeness (QED) is 0.446. The van der Waals surface area contributed by atoms with Crippen molar-refractivity contribution in [1.29, 1.82) is 0 Å². The number of primary amides is 1. The zero-order valence-electron chi connectivity index (χ0n) is 12.6. The van der Waals surface area contributed by atoms with E-state index in [0.29, 0.717) is 13.0 Å². The minimum absolute atomic E-state index is 0.111. The maximum atomic E-state index is 12.0. The minimum Gasteiger partial charge on any atom is -0.387 e. The van der Waals surface area contributed by atoms with E-state index in [1.54, 1.807) is 18.7 Å². The smallest absolute Gasteiger partial charge is 0.312 e. The van der Waals surface area contributed by atoms with Gasteiger partial charge in [0.15, 0.2) is 0 Å². The first-order valence-electron chi connectivity index (χ1n) is 6.37. The number of nitrogens with zero attached hydrogens (tertiary/aromatic N) is 1. The van der Waals surface area contributed by atoms with Crippen LogP contribution in [0.4, 0.5) is 4.79 Å². The molecule has 20 heavy (non-hydrogen) atoms. The molecule has 0 aliphatic rings. The van der Waals surface area contributed by atoms with E-state index in [1.165, 1.54) is 0 Å². The summed E-state index contributed by atoms with van der Waals surface area (Å²) in [6.07, 6.45) is 2.41. The summed E-state index contributed by atoms with van der Waals surface area (Å²) >= 11 is 1.58. The van der Waals surface area contributed by atoms with Crippen molar-refractivity contribution in [2.45, 2.75) is 25.0 Å². The Hall–Kier alpha value is -0.990. The van der Waals surface area contributed by atoms with Gasteiger partial charge >= 0.3 is 6.03 Å². The van der Waals surface area contributed by atoms with Gasteiger partial charge in [-0.15, -0.1) is 0 Å². The Morgan fingerprint density at radius 2 is 2.05 bits per heavy atom. The van der Waals surface area contributed by atoms with Crippen molar-refractivity contribution in [2.24, 2.45) is 5.73 Å². The summed E-state index contributed by atoms with van der Waals surface area (Å²) in [4.78, 5) is 24.7. The van der Waals surface area contributed by atoms with Gasteiger partial charge in [-0.25, -0.2) is 4.79 Å². The number of thioether (sulfide) groups is 1. The van der Waals surface area contributed by atoms with Gasteiger partial charge in [0.05, 0.1) is 5.60 Å². The molecule has 7 nitrogen and oxygen atoms in total. The number of carbonyl (C=O) groups is 2. The average molecular weight is 306 g/mol. The van der Waals surface area contributed by atoms with Crippen molar-refractivity contribution < 1.29 is 14.7 Å². The van der Waals surface area contributed by atoms with Crippen LogP contribution in [-0.2, 0) is 4.79 Å². The topological polar surface area (TPSA) is 108 Å². The molecule has 2 unspecified atom stereocenters. The van der Waals surface area contributed by atoms with Crippen molar-refractivity contribution >= 4 is 23.7 Å². The van der Waals surface area contributed by atoms with E-state index < -0.39 is 17.7 Å². The molecule has 5 N–H and O–H groups in total. The summed E-state index contributed by atoms with van der Waals surface area (Å²) in [5.74, 6) is 0.392. The van der Waals surface area contributed by atoms with Crippen LogP contribution in [0, 0.1) is 0 Å². The fourth-order valence-corrected chi connectivity index (χ4v) is 2.29. The number of nitrogens with two attached hydrogens (primary N) is 1. The van der Waals surface area contributed by atoms with Crippen LogP contribution in [0.1, 0.15) is 13.3 Å². The van der Waals surface area contributed by atoms with Crippen LogP contribution in [-0.4, -0.2) is 72.8 Å². The molecular formula is C12H26N4O3S. The monoisotopic (exact) mass is 306 g/mol. The van der Waals surface area contributed by atoms with Gasteiger partial charge in [-0.2, -0.15) is 11.8 Å². The molecule has 0 radical (unpaired) electrons. The Labute approximate surface area is 124 Å². The number of nitrogens with one attached hydrogen (secondary N) is 2. The van der Waals surface area contributed by atoms with E-state index >= 15 is 0 Å². The highest BCUT2D eigenvalue weighted by molar-refractivity contribution is 7.98. The van der Waals surface area contributed by atoms with Gasteiger partial charge in [-0.1, -0.05) is 0 Å². The number of urea groups is 1. The summed E-state index contributed by atoms with van der Waals surface area (Å²) in [5, 5.41) is 15.2. The van der Waals surface area contributed by atoms with Crippen LogP contribution >= 0.6 is 11.8 Å². The summed E-state index contributed by atoms with van der Waals surface area (Å²) in [5.41, 5.74) is 4.03. The maximum Gasteiger partial charge on any atom is 0.312 e. The van der Waals surface area contributed by atoms with Gasteiger partial charge in [-0.05, 0) is 39.4 Å². The number of amides is 3. The van der Waals surface area contributed by atoms with E-state index in [4.69, 9.17) is 5.73 Å². The molecule has 0 bridgehead atoms. The highest BCUT2D eigenvalue weighted by Crippen LogP contribution is 2.04. The lowest BCUT2D eigenvalue weighted by atomic mass is 10.1. The zero-order chi connectivity index (χ0) is 15.8. The lowest BCUT2D eigenvalue weighted by molar-refractivity contribution is -0.124. The second-order valence-corrected chi connectivity index (χ2v) is 6.28. The largest absolute Gasteiger partial charge is 0.387 e. The molecule has 0 fully saturated rings. The minimum atomic E-state index is -1.03. The van der Waals surface area contributed by atoms with Gasteiger partial charge in [0.2, 0.25) is 5.91 Å². The average Bonchev–Trinajstić information content (AvgIpc) is 2.29. The van der Waals surface area contributed by atoms with E-state index in [-0.39, 0.29) is 12.5 Å². The number of aliphatic hydroxyl groups is 1. The van der Waals surface area contributed by atoms with Crippen molar-refractivity contribution in [3.05, 3.63) is 0 Å². The molecule has 8 heteroatoms. The van der Waals surface area contributed by atoms with Gasteiger partial charge in [0.25, 0.3) is 0 Å². The fourth-order valence-electron chi connectivity index (χ4n) is 1.81. The Morgan fingerprint density at radius 1 is 1.45 bits per heavy atom. The Balaban J connectivity index is 4.40. The van der Waals surface area contributed by atoms with Gasteiger partial charge in [0, 0.05) is 13.1 Å². The summed E-state index contributed by atoms with van der Waals surface area (Å²) in [6, 6.07) is -1.40. The molecule has 118 valence electrons.